The molecule has 0 bridgehead atoms. The Morgan fingerprint density at radius 1 is 1.35 bits per heavy atom. The molecule has 5 nitrogen and oxygen atoms in total. The maximum Gasteiger partial charge on any atom is 0.255 e. The summed E-state index contributed by atoms with van der Waals surface area (Å²) < 4.78 is 0. The number of rotatable bonds is 7. The Bertz CT molecular complexity index is 480. The maximum atomic E-state index is 12.6. The molecule has 1 saturated heterocycles. The lowest BCUT2D eigenvalue weighted by Crippen LogP contribution is -2.40. The first kappa shape index (κ1) is 17.7. The number of aromatic nitrogens is 1. The SMILES string of the molecule is CCCN(CC)c1ccc(C(=O)N2CCC(CNC)CC2)cn1. The van der Waals surface area contributed by atoms with Crippen LogP contribution in [0, 0.1) is 5.92 Å². The second-order valence-electron chi connectivity index (χ2n) is 6.28. The molecule has 1 amide bonds. The van der Waals surface area contributed by atoms with Crippen molar-refractivity contribution in [1.29, 1.82) is 0 Å². The predicted molar refractivity (Wildman–Crippen MR) is 95.0 cm³/mol. The van der Waals surface area contributed by atoms with E-state index in [1.165, 1.54) is 0 Å². The standard InChI is InChI=1S/C18H30N4O/c1-4-10-21(5-2)17-7-6-16(14-20-17)18(23)22-11-8-15(9-12-22)13-19-3/h6-7,14-15,19H,4-5,8-13H2,1-3H3. The van der Waals surface area contributed by atoms with Crippen molar-refractivity contribution in [3.05, 3.63) is 23.9 Å². The van der Waals surface area contributed by atoms with Gasteiger partial charge < -0.3 is 15.1 Å². The van der Waals surface area contributed by atoms with Crippen molar-refractivity contribution in [2.45, 2.75) is 33.1 Å². The summed E-state index contributed by atoms with van der Waals surface area (Å²) >= 11 is 0. The Kier molecular flexibility index (Phi) is 6.84. The van der Waals surface area contributed by atoms with Gasteiger partial charge in [0.25, 0.3) is 5.91 Å². The fourth-order valence-corrected chi connectivity index (χ4v) is 3.22. The molecule has 2 rings (SSSR count). The van der Waals surface area contributed by atoms with Crippen LogP contribution in [-0.4, -0.2) is 55.6 Å². The number of likely N-dealkylation sites (tertiary alicyclic amines) is 1. The molecule has 1 aromatic heterocycles. The zero-order chi connectivity index (χ0) is 16.7. The molecule has 1 aliphatic heterocycles. The van der Waals surface area contributed by atoms with Gasteiger partial charge in [0.05, 0.1) is 5.56 Å². The van der Waals surface area contributed by atoms with Crippen LogP contribution in [0.15, 0.2) is 18.3 Å². The zero-order valence-electron chi connectivity index (χ0n) is 14.7. The van der Waals surface area contributed by atoms with E-state index in [1.54, 1.807) is 6.20 Å². The first-order valence-corrected chi connectivity index (χ1v) is 8.84. The highest BCUT2D eigenvalue weighted by Crippen LogP contribution is 2.19. The van der Waals surface area contributed by atoms with E-state index in [9.17, 15) is 4.79 Å². The molecular weight excluding hydrogens is 288 g/mol. The van der Waals surface area contributed by atoms with Crippen molar-refractivity contribution in [3.63, 3.8) is 0 Å². The second-order valence-corrected chi connectivity index (χ2v) is 6.28. The molecule has 2 heterocycles. The molecule has 0 aliphatic carbocycles. The van der Waals surface area contributed by atoms with Crippen LogP contribution in [0.4, 0.5) is 5.82 Å². The first-order chi connectivity index (χ1) is 11.2. The first-order valence-electron chi connectivity index (χ1n) is 8.84. The molecular formula is C18H30N4O. The number of hydrogen-bond acceptors (Lipinski definition) is 4. The fraction of sp³-hybridized carbons (Fsp3) is 0.667. The van der Waals surface area contributed by atoms with Crippen LogP contribution in [0.5, 0.6) is 0 Å². The average Bonchev–Trinajstić information content (AvgIpc) is 2.60. The molecule has 1 N–H and O–H groups in total. The highest BCUT2D eigenvalue weighted by atomic mass is 16.2. The van der Waals surface area contributed by atoms with Crippen LogP contribution in [0.1, 0.15) is 43.5 Å². The summed E-state index contributed by atoms with van der Waals surface area (Å²) in [7, 11) is 1.99. The lowest BCUT2D eigenvalue weighted by atomic mass is 9.96. The maximum absolute atomic E-state index is 12.6. The summed E-state index contributed by atoms with van der Waals surface area (Å²) in [6, 6.07) is 3.89. The fourth-order valence-electron chi connectivity index (χ4n) is 3.22. The number of carbonyl (C=O) groups excluding carboxylic acids is 1. The van der Waals surface area contributed by atoms with E-state index < -0.39 is 0 Å². The van der Waals surface area contributed by atoms with Crippen LogP contribution < -0.4 is 10.2 Å². The third-order valence-corrected chi connectivity index (χ3v) is 4.59. The molecule has 0 spiro atoms. The van der Waals surface area contributed by atoms with Crippen LogP contribution in [0.25, 0.3) is 0 Å². The van der Waals surface area contributed by atoms with Crippen molar-refractivity contribution in [1.82, 2.24) is 15.2 Å². The Hall–Kier alpha value is -1.62. The minimum atomic E-state index is 0.116. The minimum Gasteiger partial charge on any atom is -0.357 e. The quantitative estimate of drug-likeness (QED) is 0.838. The Morgan fingerprint density at radius 2 is 2.09 bits per heavy atom. The number of anilines is 1. The van der Waals surface area contributed by atoms with E-state index in [-0.39, 0.29) is 5.91 Å². The molecule has 0 radical (unpaired) electrons. The number of nitrogens with one attached hydrogen (secondary N) is 1. The van der Waals surface area contributed by atoms with Gasteiger partial charge in [0.2, 0.25) is 0 Å². The molecule has 128 valence electrons. The number of nitrogens with zero attached hydrogens (tertiary/aromatic N) is 3. The van der Waals surface area contributed by atoms with E-state index in [2.05, 4.69) is 29.0 Å². The second kappa shape index (κ2) is 8.87. The lowest BCUT2D eigenvalue weighted by molar-refractivity contribution is 0.0690. The van der Waals surface area contributed by atoms with Crippen LogP contribution in [0.3, 0.4) is 0 Å². The molecule has 23 heavy (non-hydrogen) atoms. The average molecular weight is 318 g/mol. The van der Waals surface area contributed by atoms with Gasteiger partial charge in [-0.05, 0) is 57.8 Å². The highest BCUT2D eigenvalue weighted by molar-refractivity contribution is 5.94. The number of piperidine rings is 1. The normalized spacial score (nSPS) is 15.7. The number of hydrogen-bond donors (Lipinski definition) is 1. The molecule has 0 unspecified atom stereocenters. The Balaban J connectivity index is 1.95. The van der Waals surface area contributed by atoms with Crippen molar-refractivity contribution in [2.24, 2.45) is 5.92 Å². The highest BCUT2D eigenvalue weighted by Gasteiger charge is 2.23. The number of pyridine rings is 1. The minimum absolute atomic E-state index is 0.116. The summed E-state index contributed by atoms with van der Waals surface area (Å²) in [4.78, 5) is 21.3. The van der Waals surface area contributed by atoms with Crippen LogP contribution >= 0.6 is 0 Å². The zero-order valence-corrected chi connectivity index (χ0v) is 14.7. The monoisotopic (exact) mass is 318 g/mol. The largest absolute Gasteiger partial charge is 0.357 e. The molecule has 1 aromatic rings. The summed E-state index contributed by atoms with van der Waals surface area (Å²) in [5.74, 6) is 1.76. The van der Waals surface area contributed by atoms with Crippen LogP contribution in [0.2, 0.25) is 0 Å². The topological polar surface area (TPSA) is 48.5 Å². The molecule has 1 aliphatic rings. The number of carbonyl (C=O) groups is 1. The molecule has 0 atom stereocenters. The van der Waals surface area contributed by atoms with Gasteiger partial charge in [-0.1, -0.05) is 6.92 Å². The van der Waals surface area contributed by atoms with Gasteiger partial charge in [0, 0.05) is 32.4 Å². The van der Waals surface area contributed by atoms with Gasteiger partial charge in [-0.25, -0.2) is 4.98 Å². The Morgan fingerprint density at radius 3 is 2.61 bits per heavy atom. The van der Waals surface area contributed by atoms with Crippen molar-refractivity contribution < 1.29 is 4.79 Å². The molecule has 1 fully saturated rings. The van der Waals surface area contributed by atoms with E-state index in [0.717, 1.165) is 57.8 Å². The summed E-state index contributed by atoms with van der Waals surface area (Å²) in [6.07, 6.45) is 4.99. The number of amides is 1. The van der Waals surface area contributed by atoms with Gasteiger partial charge in [-0.15, -0.1) is 0 Å². The molecule has 0 saturated carbocycles. The smallest absolute Gasteiger partial charge is 0.255 e. The van der Waals surface area contributed by atoms with Gasteiger partial charge in [-0.2, -0.15) is 0 Å². The van der Waals surface area contributed by atoms with Crippen molar-refractivity contribution in [2.75, 3.05) is 44.7 Å². The van der Waals surface area contributed by atoms with E-state index in [4.69, 9.17) is 0 Å². The lowest BCUT2D eigenvalue weighted by Gasteiger charge is -2.32. The Labute approximate surface area is 140 Å². The van der Waals surface area contributed by atoms with E-state index in [0.29, 0.717) is 11.5 Å². The summed E-state index contributed by atoms with van der Waals surface area (Å²) in [5, 5.41) is 3.23. The van der Waals surface area contributed by atoms with Crippen LogP contribution in [-0.2, 0) is 0 Å². The van der Waals surface area contributed by atoms with Crippen molar-refractivity contribution >= 4 is 11.7 Å². The predicted octanol–water partition coefficient (Wildman–Crippen LogP) is 2.39. The third kappa shape index (κ3) is 4.67. The summed E-state index contributed by atoms with van der Waals surface area (Å²) in [6.45, 7) is 8.98. The van der Waals surface area contributed by atoms with Gasteiger partial charge in [0.15, 0.2) is 0 Å². The van der Waals surface area contributed by atoms with E-state index >= 15 is 0 Å². The van der Waals surface area contributed by atoms with Gasteiger partial charge in [-0.3, -0.25) is 4.79 Å². The van der Waals surface area contributed by atoms with E-state index in [1.807, 2.05) is 24.1 Å². The van der Waals surface area contributed by atoms with Gasteiger partial charge in [0.1, 0.15) is 5.82 Å². The van der Waals surface area contributed by atoms with Gasteiger partial charge >= 0.3 is 0 Å². The van der Waals surface area contributed by atoms with Crippen molar-refractivity contribution in [3.8, 4) is 0 Å². The third-order valence-electron chi connectivity index (χ3n) is 4.59. The molecule has 0 aromatic carbocycles. The molecule has 5 heteroatoms. The summed E-state index contributed by atoms with van der Waals surface area (Å²) in [5.41, 5.74) is 0.702.